The summed E-state index contributed by atoms with van der Waals surface area (Å²) in [7, 11) is 1.63. The number of halogens is 2. The molecule has 2 N–H and O–H groups in total. The molecule has 0 bridgehead atoms. The highest BCUT2D eigenvalue weighted by atomic mass is 32.2. The summed E-state index contributed by atoms with van der Waals surface area (Å²) >= 11 is 0.483. The highest BCUT2D eigenvalue weighted by molar-refractivity contribution is 7.99. The number of ether oxygens (including phenoxy) is 1. The molecule has 1 atom stereocenters. The lowest BCUT2D eigenvalue weighted by atomic mass is 10.0. The molecule has 3 rings (SSSR count). The van der Waals surface area contributed by atoms with E-state index in [2.05, 4.69) is 10.6 Å². The van der Waals surface area contributed by atoms with E-state index in [0.29, 0.717) is 28.3 Å². The van der Waals surface area contributed by atoms with Gasteiger partial charge in [0, 0.05) is 16.6 Å². The zero-order chi connectivity index (χ0) is 19.2. The number of carbonyl (C=O) groups excluding carboxylic acids is 1. The third-order valence-corrected chi connectivity index (χ3v) is 5.14. The van der Waals surface area contributed by atoms with Gasteiger partial charge in [-0.2, -0.15) is 8.78 Å². The Bertz CT molecular complexity index is 750. The maximum atomic E-state index is 12.3. The van der Waals surface area contributed by atoms with Crippen molar-refractivity contribution in [2.75, 3.05) is 19.0 Å². The maximum Gasteiger partial charge on any atom is 0.288 e. The number of hydrogen-bond donors (Lipinski definition) is 2. The molecule has 0 spiro atoms. The standard InChI is InChI=1S/C20H22F2N2O2S/c1-26-16-8-4-14(5-9-16)19(13-2-3-13)23-12-18(25)24-15-6-10-17(11-7-15)27-20(21)22/h4-11,13,19-20,23H,2-3,12H2,1H3,(H,24,25). The van der Waals surface area contributed by atoms with Crippen LogP contribution in [0.15, 0.2) is 53.4 Å². The highest BCUT2D eigenvalue weighted by Gasteiger charge is 2.32. The fourth-order valence-electron chi connectivity index (χ4n) is 2.93. The van der Waals surface area contributed by atoms with Gasteiger partial charge in [-0.1, -0.05) is 23.9 Å². The van der Waals surface area contributed by atoms with Gasteiger partial charge in [0.05, 0.1) is 13.7 Å². The van der Waals surface area contributed by atoms with E-state index in [1.807, 2.05) is 24.3 Å². The summed E-state index contributed by atoms with van der Waals surface area (Å²) in [5.74, 6) is -1.27. The molecule has 144 valence electrons. The number of anilines is 1. The Morgan fingerprint density at radius 3 is 2.37 bits per heavy atom. The van der Waals surface area contributed by atoms with Crippen molar-refractivity contribution in [1.82, 2.24) is 5.32 Å². The first-order valence-corrected chi connectivity index (χ1v) is 9.65. The quantitative estimate of drug-likeness (QED) is 0.608. The molecule has 1 aliphatic rings. The van der Waals surface area contributed by atoms with Crippen molar-refractivity contribution in [2.45, 2.75) is 29.5 Å². The first-order chi connectivity index (χ1) is 13.0. The van der Waals surface area contributed by atoms with Crippen LogP contribution in [-0.4, -0.2) is 25.3 Å². The van der Waals surface area contributed by atoms with Gasteiger partial charge < -0.3 is 15.4 Å². The number of nitrogens with one attached hydrogen (secondary N) is 2. The van der Waals surface area contributed by atoms with Gasteiger partial charge in [0.1, 0.15) is 5.75 Å². The Morgan fingerprint density at radius 2 is 1.81 bits per heavy atom. The van der Waals surface area contributed by atoms with Crippen LogP contribution in [-0.2, 0) is 4.79 Å². The first-order valence-electron chi connectivity index (χ1n) is 8.77. The van der Waals surface area contributed by atoms with Crippen molar-refractivity contribution >= 4 is 23.4 Å². The topological polar surface area (TPSA) is 50.4 Å². The molecule has 0 aliphatic heterocycles. The van der Waals surface area contributed by atoms with Gasteiger partial charge in [0.2, 0.25) is 5.91 Å². The lowest BCUT2D eigenvalue weighted by molar-refractivity contribution is -0.115. The Labute approximate surface area is 161 Å². The predicted octanol–water partition coefficient (Wildman–Crippen LogP) is 4.69. The van der Waals surface area contributed by atoms with Crippen molar-refractivity contribution in [2.24, 2.45) is 5.92 Å². The number of methoxy groups -OCH3 is 1. The summed E-state index contributed by atoms with van der Waals surface area (Å²) in [5, 5.41) is 6.13. The van der Waals surface area contributed by atoms with Crippen LogP contribution < -0.4 is 15.4 Å². The number of amides is 1. The third kappa shape index (κ3) is 5.94. The number of carbonyl (C=O) groups is 1. The monoisotopic (exact) mass is 392 g/mol. The lowest BCUT2D eigenvalue weighted by Crippen LogP contribution is -2.32. The largest absolute Gasteiger partial charge is 0.497 e. The van der Waals surface area contributed by atoms with Crippen molar-refractivity contribution in [3.05, 3.63) is 54.1 Å². The van der Waals surface area contributed by atoms with Crippen molar-refractivity contribution < 1.29 is 18.3 Å². The van der Waals surface area contributed by atoms with Crippen LogP contribution in [0.25, 0.3) is 0 Å². The smallest absolute Gasteiger partial charge is 0.288 e. The van der Waals surface area contributed by atoms with E-state index >= 15 is 0 Å². The summed E-state index contributed by atoms with van der Waals surface area (Å²) in [4.78, 5) is 12.7. The Balaban J connectivity index is 1.53. The molecule has 1 amide bonds. The van der Waals surface area contributed by atoms with Crippen LogP contribution in [0.4, 0.5) is 14.5 Å². The minimum atomic E-state index is -2.45. The molecular formula is C20H22F2N2O2S. The summed E-state index contributed by atoms with van der Waals surface area (Å²) in [5.41, 5.74) is 1.73. The first kappa shape index (κ1) is 19.6. The van der Waals surface area contributed by atoms with Gasteiger partial charge >= 0.3 is 0 Å². The van der Waals surface area contributed by atoms with Crippen LogP contribution in [0.1, 0.15) is 24.4 Å². The molecular weight excluding hydrogens is 370 g/mol. The van der Waals surface area contributed by atoms with E-state index in [1.165, 1.54) is 0 Å². The Hall–Kier alpha value is -2.12. The summed E-state index contributed by atoms with van der Waals surface area (Å²) in [6.07, 6.45) is 2.29. The molecule has 7 heteroatoms. The minimum absolute atomic E-state index is 0.131. The molecule has 1 fully saturated rings. The summed E-state index contributed by atoms with van der Waals surface area (Å²) < 4.78 is 29.9. The second-order valence-corrected chi connectivity index (χ2v) is 7.48. The molecule has 0 heterocycles. The van der Waals surface area contributed by atoms with Crippen LogP contribution in [0.5, 0.6) is 5.75 Å². The number of rotatable bonds is 9. The van der Waals surface area contributed by atoms with Gasteiger partial charge in [0.25, 0.3) is 5.76 Å². The zero-order valence-corrected chi connectivity index (χ0v) is 15.8. The zero-order valence-electron chi connectivity index (χ0n) is 15.0. The van der Waals surface area contributed by atoms with Crippen LogP contribution >= 0.6 is 11.8 Å². The van der Waals surface area contributed by atoms with Gasteiger partial charge in [0.15, 0.2) is 0 Å². The van der Waals surface area contributed by atoms with Crippen LogP contribution in [0.2, 0.25) is 0 Å². The van der Waals surface area contributed by atoms with E-state index in [9.17, 15) is 13.6 Å². The number of thioether (sulfide) groups is 1. The number of benzene rings is 2. The van der Waals surface area contributed by atoms with Crippen molar-refractivity contribution in [3.8, 4) is 5.75 Å². The van der Waals surface area contributed by atoms with Gasteiger partial charge in [-0.3, -0.25) is 4.79 Å². The SMILES string of the molecule is COc1ccc(C(NCC(=O)Nc2ccc(SC(F)F)cc2)C2CC2)cc1. The number of alkyl halides is 2. The maximum absolute atomic E-state index is 12.3. The molecule has 1 unspecified atom stereocenters. The molecule has 0 saturated heterocycles. The fraction of sp³-hybridized carbons (Fsp3) is 0.350. The van der Waals surface area contributed by atoms with Gasteiger partial charge in [-0.25, -0.2) is 0 Å². The molecule has 0 aromatic heterocycles. The fourth-order valence-corrected chi connectivity index (χ4v) is 3.42. The molecule has 4 nitrogen and oxygen atoms in total. The molecule has 27 heavy (non-hydrogen) atoms. The van der Waals surface area contributed by atoms with Gasteiger partial charge in [-0.05, 0) is 60.7 Å². The molecule has 1 saturated carbocycles. The van der Waals surface area contributed by atoms with Crippen molar-refractivity contribution in [3.63, 3.8) is 0 Å². The van der Waals surface area contributed by atoms with E-state index in [4.69, 9.17) is 4.74 Å². The minimum Gasteiger partial charge on any atom is -0.497 e. The Morgan fingerprint density at radius 1 is 1.15 bits per heavy atom. The highest BCUT2D eigenvalue weighted by Crippen LogP contribution is 2.41. The van der Waals surface area contributed by atoms with Crippen molar-refractivity contribution in [1.29, 1.82) is 0 Å². The molecule has 2 aromatic carbocycles. The van der Waals surface area contributed by atoms with E-state index < -0.39 is 5.76 Å². The molecule has 0 radical (unpaired) electrons. The summed E-state index contributed by atoms with van der Waals surface area (Å²) in [6, 6.07) is 14.4. The van der Waals surface area contributed by atoms with E-state index in [1.54, 1.807) is 31.4 Å². The average molecular weight is 392 g/mol. The second kappa shape index (κ2) is 9.19. The summed E-state index contributed by atoms with van der Waals surface area (Å²) in [6.45, 7) is 0.181. The predicted molar refractivity (Wildman–Crippen MR) is 103 cm³/mol. The van der Waals surface area contributed by atoms with E-state index in [-0.39, 0.29) is 18.5 Å². The van der Waals surface area contributed by atoms with Crippen LogP contribution in [0, 0.1) is 5.92 Å². The Kier molecular flexibility index (Phi) is 6.68. The van der Waals surface area contributed by atoms with E-state index in [0.717, 1.165) is 24.2 Å². The van der Waals surface area contributed by atoms with Crippen LogP contribution in [0.3, 0.4) is 0 Å². The second-order valence-electron chi connectivity index (χ2n) is 6.42. The molecule has 1 aliphatic carbocycles. The average Bonchev–Trinajstić information content (AvgIpc) is 3.49. The third-order valence-electron chi connectivity index (χ3n) is 4.41. The number of hydrogen-bond acceptors (Lipinski definition) is 4. The lowest BCUT2D eigenvalue weighted by Gasteiger charge is -2.19. The molecule has 2 aromatic rings. The normalized spacial score (nSPS) is 14.8. The van der Waals surface area contributed by atoms with Gasteiger partial charge in [-0.15, -0.1) is 0 Å².